The van der Waals surface area contributed by atoms with Crippen LogP contribution in [0.5, 0.6) is 0 Å². The van der Waals surface area contributed by atoms with Crippen molar-refractivity contribution in [2.45, 2.75) is 44.8 Å². The molecule has 0 aromatic rings. The monoisotopic (exact) mass is 262 g/mol. The number of fused-ring (bicyclic) bond motifs is 2. The number of hydrogen-bond donors (Lipinski definition) is 1. The molecule has 0 aromatic carbocycles. The Balaban J connectivity index is 2.05. The van der Waals surface area contributed by atoms with Gasteiger partial charge in [0.25, 0.3) is 0 Å². The van der Waals surface area contributed by atoms with E-state index in [4.69, 9.17) is 4.74 Å². The van der Waals surface area contributed by atoms with Crippen LogP contribution in [0.2, 0.25) is 0 Å². The molecule has 1 aliphatic heterocycles. The number of rotatable bonds is 0. The van der Waals surface area contributed by atoms with Crippen LogP contribution in [0.25, 0.3) is 0 Å². The molecule has 4 unspecified atom stereocenters. The van der Waals surface area contributed by atoms with Crippen LogP contribution >= 0.6 is 0 Å². The molecule has 0 radical (unpaired) electrons. The molecule has 4 heteroatoms. The average Bonchev–Trinajstić information content (AvgIpc) is 2.54. The minimum absolute atomic E-state index is 0.0336. The van der Waals surface area contributed by atoms with Crippen molar-refractivity contribution in [1.29, 1.82) is 0 Å². The predicted molar refractivity (Wildman–Crippen MR) is 68.2 cm³/mol. The lowest BCUT2D eigenvalue weighted by atomic mass is 9.54. The predicted octanol–water partition coefficient (Wildman–Crippen LogP) is 1.53. The SMILES string of the molecule is C=C1C(=O)OC2CC3(C)CC(=O)C=C(C)C3(O)CC12. The lowest BCUT2D eigenvalue weighted by Gasteiger charge is -2.53. The van der Waals surface area contributed by atoms with Crippen molar-refractivity contribution in [1.82, 2.24) is 0 Å². The molecule has 0 amide bonds. The molecule has 1 N–H and O–H groups in total. The summed E-state index contributed by atoms with van der Waals surface area (Å²) in [5.41, 5.74) is -0.462. The van der Waals surface area contributed by atoms with Crippen LogP contribution in [0, 0.1) is 11.3 Å². The number of aliphatic hydroxyl groups is 1. The van der Waals surface area contributed by atoms with Gasteiger partial charge in [-0.3, -0.25) is 4.79 Å². The second-order valence-electron chi connectivity index (χ2n) is 6.38. The molecule has 4 atom stereocenters. The summed E-state index contributed by atoms with van der Waals surface area (Å²) >= 11 is 0. The Bertz CT molecular complexity index is 532. The lowest BCUT2D eigenvalue weighted by Crippen LogP contribution is -2.57. The van der Waals surface area contributed by atoms with E-state index in [2.05, 4.69) is 6.58 Å². The van der Waals surface area contributed by atoms with E-state index >= 15 is 0 Å². The highest BCUT2D eigenvalue weighted by molar-refractivity contribution is 5.93. The molecule has 2 fully saturated rings. The number of ketones is 1. The zero-order valence-corrected chi connectivity index (χ0v) is 11.2. The molecule has 0 spiro atoms. The summed E-state index contributed by atoms with van der Waals surface area (Å²) in [6, 6.07) is 0. The van der Waals surface area contributed by atoms with Crippen LogP contribution in [0.4, 0.5) is 0 Å². The highest BCUT2D eigenvalue weighted by Crippen LogP contribution is 2.57. The Labute approximate surface area is 112 Å². The fourth-order valence-electron chi connectivity index (χ4n) is 3.94. The molecule has 3 aliphatic rings. The van der Waals surface area contributed by atoms with E-state index in [1.54, 1.807) is 6.92 Å². The van der Waals surface area contributed by atoms with E-state index in [1.807, 2.05) is 6.92 Å². The van der Waals surface area contributed by atoms with Crippen molar-refractivity contribution in [2.75, 3.05) is 0 Å². The van der Waals surface area contributed by atoms with Crippen molar-refractivity contribution < 1.29 is 19.4 Å². The zero-order valence-electron chi connectivity index (χ0n) is 11.2. The summed E-state index contributed by atoms with van der Waals surface area (Å²) in [4.78, 5) is 23.4. The van der Waals surface area contributed by atoms with Crippen molar-refractivity contribution in [3.8, 4) is 0 Å². The fourth-order valence-corrected chi connectivity index (χ4v) is 3.94. The van der Waals surface area contributed by atoms with Gasteiger partial charge in [-0.25, -0.2) is 4.79 Å². The van der Waals surface area contributed by atoms with Crippen molar-refractivity contribution in [2.24, 2.45) is 11.3 Å². The van der Waals surface area contributed by atoms with Crippen LogP contribution in [0.3, 0.4) is 0 Å². The second-order valence-corrected chi connectivity index (χ2v) is 6.38. The van der Waals surface area contributed by atoms with Crippen LogP contribution in [-0.2, 0) is 14.3 Å². The average molecular weight is 262 g/mol. The molecular weight excluding hydrogens is 244 g/mol. The molecule has 19 heavy (non-hydrogen) atoms. The van der Waals surface area contributed by atoms with Gasteiger partial charge in [-0.2, -0.15) is 0 Å². The van der Waals surface area contributed by atoms with Crippen LogP contribution < -0.4 is 0 Å². The van der Waals surface area contributed by atoms with Crippen molar-refractivity contribution in [3.05, 3.63) is 23.8 Å². The van der Waals surface area contributed by atoms with Crippen molar-refractivity contribution in [3.63, 3.8) is 0 Å². The Hall–Kier alpha value is -1.42. The third-order valence-electron chi connectivity index (χ3n) is 5.18. The van der Waals surface area contributed by atoms with E-state index in [9.17, 15) is 14.7 Å². The zero-order chi connectivity index (χ0) is 14.0. The first kappa shape index (κ1) is 12.6. The Morgan fingerprint density at radius 3 is 2.79 bits per heavy atom. The third-order valence-corrected chi connectivity index (χ3v) is 5.18. The van der Waals surface area contributed by atoms with Crippen LogP contribution in [-0.4, -0.2) is 28.6 Å². The molecule has 1 saturated carbocycles. The second kappa shape index (κ2) is 3.57. The molecule has 1 heterocycles. The molecule has 0 bridgehead atoms. The number of ether oxygens (including phenoxy) is 1. The molecule has 2 aliphatic carbocycles. The van der Waals surface area contributed by atoms with E-state index < -0.39 is 11.0 Å². The number of carbonyl (C=O) groups excluding carboxylic acids is 2. The maximum absolute atomic E-state index is 11.8. The van der Waals surface area contributed by atoms with Gasteiger partial charge < -0.3 is 9.84 Å². The molecule has 102 valence electrons. The van der Waals surface area contributed by atoms with Gasteiger partial charge in [0, 0.05) is 23.3 Å². The Morgan fingerprint density at radius 2 is 2.11 bits per heavy atom. The number of allylic oxidation sites excluding steroid dienone is 1. The van der Waals surface area contributed by atoms with Gasteiger partial charge in [0.2, 0.25) is 0 Å². The number of esters is 1. The molecule has 4 nitrogen and oxygen atoms in total. The van der Waals surface area contributed by atoms with Crippen LogP contribution in [0.1, 0.15) is 33.1 Å². The summed E-state index contributed by atoms with van der Waals surface area (Å²) < 4.78 is 5.33. The molecular formula is C15H18O4. The first-order chi connectivity index (χ1) is 8.77. The fraction of sp³-hybridized carbons (Fsp3) is 0.600. The highest BCUT2D eigenvalue weighted by Gasteiger charge is 2.60. The maximum atomic E-state index is 11.8. The summed E-state index contributed by atoms with van der Waals surface area (Å²) in [7, 11) is 0. The quantitative estimate of drug-likeness (QED) is 0.531. The molecule has 1 saturated heterocycles. The van der Waals surface area contributed by atoms with E-state index in [0.717, 1.165) is 0 Å². The van der Waals surface area contributed by atoms with Gasteiger partial charge in [0.15, 0.2) is 5.78 Å². The summed E-state index contributed by atoms with van der Waals surface area (Å²) in [5.74, 6) is -0.470. The first-order valence-electron chi connectivity index (χ1n) is 6.61. The van der Waals surface area contributed by atoms with Gasteiger partial charge >= 0.3 is 5.97 Å². The van der Waals surface area contributed by atoms with Gasteiger partial charge in [-0.15, -0.1) is 0 Å². The van der Waals surface area contributed by atoms with Gasteiger partial charge in [-0.1, -0.05) is 13.5 Å². The van der Waals surface area contributed by atoms with E-state index in [1.165, 1.54) is 6.08 Å². The molecule has 0 aromatic heterocycles. The standard InChI is InChI=1S/C15H18O4/c1-8-4-10(16)5-14(3)7-12-11(6-15(8,14)18)9(2)13(17)19-12/h4,11-12,18H,2,5-7H2,1,3H3. The Kier molecular flexibility index (Phi) is 2.37. The summed E-state index contributed by atoms with van der Waals surface area (Å²) in [6.07, 6.45) is 2.50. The topological polar surface area (TPSA) is 63.6 Å². The van der Waals surface area contributed by atoms with Crippen LogP contribution in [0.15, 0.2) is 23.8 Å². The van der Waals surface area contributed by atoms with Gasteiger partial charge in [0.1, 0.15) is 6.10 Å². The third kappa shape index (κ3) is 1.49. The largest absolute Gasteiger partial charge is 0.458 e. The lowest BCUT2D eigenvalue weighted by molar-refractivity contribution is -0.156. The highest BCUT2D eigenvalue weighted by atomic mass is 16.6. The van der Waals surface area contributed by atoms with Gasteiger partial charge in [0.05, 0.1) is 5.60 Å². The first-order valence-corrected chi connectivity index (χ1v) is 6.61. The minimum atomic E-state index is -1.04. The molecule has 3 rings (SSSR count). The van der Waals surface area contributed by atoms with E-state index in [0.29, 0.717) is 30.4 Å². The maximum Gasteiger partial charge on any atom is 0.334 e. The Morgan fingerprint density at radius 1 is 1.42 bits per heavy atom. The van der Waals surface area contributed by atoms with E-state index in [-0.39, 0.29) is 23.8 Å². The van der Waals surface area contributed by atoms with Gasteiger partial charge in [-0.05, 0) is 31.4 Å². The number of carbonyl (C=O) groups is 2. The van der Waals surface area contributed by atoms with Crippen molar-refractivity contribution >= 4 is 11.8 Å². The summed E-state index contributed by atoms with van der Waals surface area (Å²) in [5, 5.41) is 11.1. The smallest absolute Gasteiger partial charge is 0.334 e. The minimum Gasteiger partial charge on any atom is -0.458 e. The summed E-state index contributed by atoms with van der Waals surface area (Å²) in [6.45, 7) is 7.48. The number of hydrogen-bond acceptors (Lipinski definition) is 4. The normalized spacial score (nSPS) is 45.4.